The Morgan fingerprint density at radius 3 is 2.91 bits per heavy atom. The van der Waals surface area contributed by atoms with Crippen molar-refractivity contribution in [2.75, 3.05) is 6.54 Å². The molecule has 0 radical (unpaired) electrons. The predicted molar refractivity (Wildman–Crippen MR) is 93.0 cm³/mol. The Hall–Kier alpha value is -2.52. The lowest BCUT2D eigenvalue weighted by Gasteiger charge is -2.04. The minimum absolute atomic E-state index is 0.366. The Kier molecular flexibility index (Phi) is 4.49. The number of benzene rings is 1. The minimum atomic E-state index is -0.366. The van der Waals surface area contributed by atoms with E-state index in [0.29, 0.717) is 6.54 Å². The van der Waals surface area contributed by atoms with Crippen LogP contribution in [0.15, 0.2) is 34.6 Å². The fourth-order valence-electron chi connectivity index (χ4n) is 2.48. The van der Waals surface area contributed by atoms with Gasteiger partial charge >= 0.3 is 0 Å². The summed E-state index contributed by atoms with van der Waals surface area (Å²) >= 11 is 1.50. The van der Waals surface area contributed by atoms with Crippen LogP contribution in [0.3, 0.4) is 0 Å². The number of nitriles is 1. The lowest BCUT2D eigenvalue weighted by atomic mass is 10.2. The van der Waals surface area contributed by atoms with Crippen molar-refractivity contribution in [2.24, 2.45) is 4.99 Å². The number of thiazole rings is 1. The molecule has 2 aromatic heterocycles. The molecule has 116 valence electrons. The van der Waals surface area contributed by atoms with E-state index in [4.69, 9.17) is 0 Å². The van der Waals surface area contributed by atoms with Crippen molar-refractivity contribution in [1.29, 1.82) is 5.26 Å². The van der Waals surface area contributed by atoms with Crippen molar-refractivity contribution < 1.29 is 0 Å². The van der Waals surface area contributed by atoms with E-state index in [1.807, 2.05) is 37.4 Å². The minimum Gasteiger partial charge on any atom is -0.326 e. The zero-order valence-corrected chi connectivity index (χ0v) is 13.9. The van der Waals surface area contributed by atoms with E-state index in [0.717, 1.165) is 34.1 Å². The van der Waals surface area contributed by atoms with E-state index in [-0.39, 0.29) is 5.92 Å². The SMILES string of the molecule is Cc1csc([C@H](C#N)C=NCCn2c(C)nc3ccccc32)n1. The second-order valence-corrected chi connectivity index (χ2v) is 6.18. The zero-order valence-electron chi connectivity index (χ0n) is 13.1. The predicted octanol–water partition coefficient (Wildman–Crippen LogP) is 3.49. The molecule has 0 aliphatic carbocycles. The second-order valence-electron chi connectivity index (χ2n) is 5.29. The number of hydrogen-bond donors (Lipinski definition) is 0. The highest BCUT2D eigenvalue weighted by Gasteiger charge is 2.11. The van der Waals surface area contributed by atoms with Crippen LogP contribution in [0, 0.1) is 25.2 Å². The first-order valence-corrected chi connectivity index (χ1v) is 8.30. The molecule has 6 heteroatoms. The molecule has 0 unspecified atom stereocenters. The van der Waals surface area contributed by atoms with E-state index in [9.17, 15) is 5.26 Å². The van der Waals surface area contributed by atoms with Gasteiger partial charge in [-0.1, -0.05) is 12.1 Å². The maximum absolute atomic E-state index is 9.27. The largest absolute Gasteiger partial charge is 0.326 e. The summed E-state index contributed by atoms with van der Waals surface area (Å²) in [5, 5.41) is 12.0. The number of imidazole rings is 1. The van der Waals surface area contributed by atoms with Crippen molar-refractivity contribution in [2.45, 2.75) is 26.3 Å². The summed E-state index contributed by atoms with van der Waals surface area (Å²) in [4.78, 5) is 13.3. The van der Waals surface area contributed by atoms with Crippen LogP contribution < -0.4 is 0 Å². The van der Waals surface area contributed by atoms with Gasteiger partial charge in [0.25, 0.3) is 0 Å². The smallest absolute Gasteiger partial charge is 0.133 e. The van der Waals surface area contributed by atoms with Crippen LogP contribution in [0.4, 0.5) is 0 Å². The van der Waals surface area contributed by atoms with Crippen molar-refractivity contribution in [3.63, 3.8) is 0 Å². The third kappa shape index (κ3) is 3.30. The first-order chi connectivity index (χ1) is 11.2. The van der Waals surface area contributed by atoms with Gasteiger partial charge in [-0.3, -0.25) is 4.99 Å². The topological polar surface area (TPSA) is 66.9 Å². The zero-order chi connectivity index (χ0) is 16.2. The molecule has 23 heavy (non-hydrogen) atoms. The highest BCUT2D eigenvalue weighted by Crippen LogP contribution is 2.18. The third-order valence-corrected chi connectivity index (χ3v) is 4.64. The summed E-state index contributed by atoms with van der Waals surface area (Å²) in [5.74, 6) is 0.614. The van der Waals surface area contributed by atoms with Gasteiger partial charge in [0, 0.05) is 23.8 Å². The van der Waals surface area contributed by atoms with Gasteiger partial charge in [-0.05, 0) is 26.0 Å². The highest BCUT2D eigenvalue weighted by molar-refractivity contribution is 7.09. The molecular formula is C17H17N5S. The molecule has 3 rings (SSSR count). The van der Waals surface area contributed by atoms with Gasteiger partial charge in [-0.25, -0.2) is 9.97 Å². The van der Waals surface area contributed by atoms with Crippen molar-refractivity contribution >= 4 is 28.6 Å². The average molecular weight is 323 g/mol. The number of para-hydroxylation sites is 2. The Balaban J connectivity index is 1.68. The standard InChI is InChI=1S/C17H17N5S/c1-12-11-23-17(20-12)14(9-18)10-19-7-8-22-13(2)21-15-5-3-4-6-16(15)22/h3-6,10-11,14H,7-8H2,1-2H3/t14-/m1/s1. The summed E-state index contributed by atoms with van der Waals surface area (Å²) in [6.07, 6.45) is 1.70. The van der Waals surface area contributed by atoms with Crippen LogP contribution in [-0.4, -0.2) is 27.3 Å². The molecule has 5 nitrogen and oxygen atoms in total. The van der Waals surface area contributed by atoms with Gasteiger partial charge in [0.1, 0.15) is 16.7 Å². The number of aliphatic imine (C=N–C) groups is 1. The van der Waals surface area contributed by atoms with E-state index in [1.54, 1.807) is 6.21 Å². The van der Waals surface area contributed by atoms with Crippen molar-refractivity contribution in [3.05, 3.63) is 46.2 Å². The molecule has 0 amide bonds. The molecule has 0 saturated heterocycles. The van der Waals surface area contributed by atoms with Crippen LogP contribution in [0.2, 0.25) is 0 Å². The fraction of sp³-hybridized carbons (Fsp3) is 0.294. The molecule has 3 aromatic rings. The Labute approximate surface area is 139 Å². The molecular weight excluding hydrogens is 306 g/mol. The average Bonchev–Trinajstić information content (AvgIpc) is 3.11. The van der Waals surface area contributed by atoms with Gasteiger partial charge in [0.2, 0.25) is 0 Å². The molecule has 0 fully saturated rings. The van der Waals surface area contributed by atoms with Crippen LogP contribution in [0.1, 0.15) is 22.4 Å². The van der Waals surface area contributed by atoms with Gasteiger partial charge in [0.05, 0.1) is 23.6 Å². The first kappa shape index (κ1) is 15.4. The fourth-order valence-corrected chi connectivity index (χ4v) is 3.28. The Bertz CT molecular complexity index is 884. The van der Waals surface area contributed by atoms with Crippen molar-refractivity contribution in [3.8, 4) is 6.07 Å². The summed E-state index contributed by atoms with van der Waals surface area (Å²) in [6, 6.07) is 10.3. The van der Waals surface area contributed by atoms with Crippen molar-refractivity contribution in [1.82, 2.24) is 14.5 Å². The number of aromatic nitrogens is 3. The number of nitrogens with zero attached hydrogens (tertiary/aromatic N) is 5. The number of rotatable bonds is 5. The molecule has 0 spiro atoms. The second kappa shape index (κ2) is 6.71. The number of aryl methyl sites for hydroxylation is 2. The molecule has 0 saturated carbocycles. The number of hydrogen-bond acceptors (Lipinski definition) is 5. The molecule has 0 aliphatic heterocycles. The molecule has 1 aromatic carbocycles. The number of fused-ring (bicyclic) bond motifs is 1. The summed E-state index contributed by atoms with van der Waals surface area (Å²) in [5.41, 5.74) is 3.06. The maximum Gasteiger partial charge on any atom is 0.133 e. The molecule has 0 aliphatic rings. The van der Waals surface area contributed by atoms with Gasteiger partial charge in [-0.15, -0.1) is 11.3 Å². The molecule has 2 heterocycles. The van der Waals surface area contributed by atoms with Gasteiger partial charge < -0.3 is 4.57 Å². The van der Waals surface area contributed by atoms with E-state index in [1.165, 1.54) is 11.3 Å². The molecule has 0 bridgehead atoms. The first-order valence-electron chi connectivity index (χ1n) is 7.42. The highest BCUT2D eigenvalue weighted by atomic mass is 32.1. The third-order valence-electron chi connectivity index (χ3n) is 3.59. The summed E-state index contributed by atoms with van der Waals surface area (Å²) in [6.45, 7) is 5.29. The van der Waals surface area contributed by atoms with Crippen LogP contribution in [-0.2, 0) is 6.54 Å². The lowest BCUT2D eigenvalue weighted by molar-refractivity contribution is 0.705. The van der Waals surface area contributed by atoms with Crippen LogP contribution >= 0.6 is 11.3 Å². The summed E-state index contributed by atoms with van der Waals surface area (Å²) < 4.78 is 2.15. The van der Waals surface area contributed by atoms with Gasteiger partial charge in [-0.2, -0.15) is 5.26 Å². The van der Waals surface area contributed by atoms with Gasteiger partial charge in [0.15, 0.2) is 0 Å². The lowest BCUT2D eigenvalue weighted by Crippen LogP contribution is -2.04. The summed E-state index contributed by atoms with van der Waals surface area (Å²) in [7, 11) is 0. The Morgan fingerprint density at radius 1 is 1.35 bits per heavy atom. The van der Waals surface area contributed by atoms with E-state index < -0.39 is 0 Å². The normalized spacial score (nSPS) is 12.7. The van der Waals surface area contributed by atoms with Crippen LogP contribution in [0.25, 0.3) is 11.0 Å². The maximum atomic E-state index is 9.27. The quantitative estimate of drug-likeness (QED) is 0.675. The molecule has 0 N–H and O–H groups in total. The van der Waals surface area contributed by atoms with E-state index in [2.05, 4.69) is 31.7 Å². The Morgan fingerprint density at radius 2 is 2.17 bits per heavy atom. The monoisotopic (exact) mass is 323 g/mol. The van der Waals surface area contributed by atoms with Crippen LogP contribution in [0.5, 0.6) is 0 Å². The molecule has 1 atom stereocenters. The van der Waals surface area contributed by atoms with E-state index >= 15 is 0 Å².